The molecule has 0 bridgehead atoms. The number of hydrogen-bond acceptors (Lipinski definition) is 6. The number of carbonyl (C=O) groups excluding carboxylic acids is 1. The first-order valence-corrected chi connectivity index (χ1v) is 14.2. The molecule has 2 aromatic rings. The van der Waals surface area contributed by atoms with Gasteiger partial charge in [0.05, 0.1) is 23.8 Å². The zero-order chi connectivity index (χ0) is 24.4. The van der Waals surface area contributed by atoms with E-state index in [1.165, 1.54) is 25.1 Å². The van der Waals surface area contributed by atoms with Crippen LogP contribution in [0.15, 0.2) is 41.3 Å². The third kappa shape index (κ3) is 5.73. The summed E-state index contributed by atoms with van der Waals surface area (Å²) in [6.07, 6.45) is 0.0184. The average molecular weight is 535 g/mol. The minimum atomic E-state index is -4.26. The Kier molecular flexibility index (Phi) is 8.15. The van der Waals surface area contributed by atoms with Crippen LogP contribution in [0.5, 0.6) is 0 Å². The van der Waals surface area contributed by atoms with E-state index in [2.05, 4.69) is 0 Å². The molecular weight excluding hydrogens is 510 g/mol. The van der Waals surface area contributed by atoms with Gasteiger partial charge in [-0.05, 0) is 62.2 Å². The van der Waals surface area contributed by atoms with Crippen molar-refractivity contribution in [1.82, 2.24) is 0 Å². The van der Waals surface area contributed by atoms with Gasteiger partial charge in [0.25, 0.3) is 10.0 Å². The molecule has 0 unspecified atom stereocenters. The lowest BCUT2D eigenvalue weighted by atomic mass is 10.1. The van der Waals surface area contributed by atoms with E-state index in [-0.39, 0.29) is 39.7 Å². The molecule has 0 saturated heterocycles. The zero-order valence-electron chi connectivity index (χ0n) is 18.5. The van der Waals surface area contributed by atoms with E-state index in [1.54, 1.807) is 36.9 Å². The van der Waals surface area contributed by atoms with Crippen LogP contribution in [0.25, 0.3) is 0 Å². The molecule has 8 nitrogen and oxygen atoms in total. The van der Waals surface area contributed by atoms with Crippen molar-refractivity contribution in [1.29, 1.82) is 0 Å². The van der Waals surface area contributed by atoms with Crippen molar-refractivity contribution in [3.63, 3.8) is 0 Å². The van der Waals surface area contributed by atoms with Crippen LogP contribution in [0.1, 0.15) is 26.3 Å². The monoisotopic (exact) mass is 534 g/mol. The lowest BCUT2D eigenvalue weighted by Crippen LogP contribution is -2.33. The van der Waals surface area contributed by atoms with E-state index in [0.29, 0.717) is 18.7 Å². The highest BCUT2D eigenvalue weighted by atomic mass is 35.5. The summed E-state index contributed by atoms with van der Waals surface area (Å²) in [4.78, 5) is 13.4. The van der Waals surface area contributed by atoms with Crippen LogP contribution >= 0.6 is 30.8 Å². The van der Waals surface area contributed by atoms with Crippen molar-refractivity contribution in [2.24, 2.45) is 0 Å². The Morgan fingerprint density at radius 2 is 1.70 bits per heavy atom. The number of benzene rings is 2. The molecule has 33 heavy (non-hydrogen) atoms. The number of sulfonamides is 1. The van der Waals surface area contributed by atoms with Gasteiger partial charge < -0.3 is 13.9 Å². The SMILES string of the molecule is CCOP(=O)(CN(c1ccc2c(c1)CCN2C(C)=O)S(=O)(=O)c1cc(Cl)cc(Cl)c1)OCC. The number of carbonyl (C=O) groups is 1. The lowest BCUT2D eigenvalue weighted by molar-refractivity contribution is -0.116. The normalized spacial score (nSPS) is 13.8. The average Bonchev–Trinajstić information content (AvgIpc) is 3.15. The first kappa shape index (κ1) is 26.0. The Morgan fingerprint density at radius 3 is 2.24 bits per heavy atom. The molecule has 180 valence electrons. The standard InChI is InChI=1S/C21H25Cl2N2O6PS/c1-4-30-32(27,31-5-2)14-25(33(28,29)20-12-17(22)11-18(23)13-20)19-6-7-21-16(10-19)8-9-24(21)15(3)26/h6-7,10-13H,4-5,8-9,14H2,1-3H3. The van der Waals surface area contributed by atoms with Gasteiger partial charge in [-0.25, -0.2) is 8.42 Å². The highest BCUT2D eigenvalue weighted by Gasteiger charge is 2.36. The third-order valence-corrected chi connectivity index (χ3v) is 9.32. The molecule has 1 amide bonds. The van der Waals surface area contributed by atoms with E-state index in [9.17, 15) is 17.8 Å². The fraction of sp³-hybridized carbons (Fsp3) is 0.381. The van der Waals surface area contributed by atoms with E-state index in [0.717, 1.165) is 9.87 Å². The predicted octanol–water partition coefficient (Wildman–Crippen LogP) is 5.32. The number of hydrogen-bond donors (Lipinski definition) is 0. The molecule has 0 fully saturated rings. The maximum Gasteiger partial charge on any atom is 0.350 e. The van der Waals surface area contributed by atoms with Crippen molar-refractivity contribution in [2.45, 2.75) is 32.1 Å². The highest BCUT2D eigenvalue weighted by Crippen LogP contribution is 2.50. The first-order valence-electron chi connectivity index (χ1n) is 10.3. The number of fused-ring (bicyclic) bond motifs is 1. The Labute approximate surface area is 204 Å². The molecule has 0 spiro atoms. The molecule has 12 heteroatoms. The van der Waals surface area contributed by atoms with Crippen molar-refractivity contribution < 1.29 is 26.8 Å². The number of halogens is 2. The highest BCUT2D eigenvalue weighted by molar-refractivity contribution is 7.93. The molecule has 0 aliphatic carbocycles. The Morgan fingerprint density at radius 1 is 1.09 bits per heavy atom. The lowest BCUT2D eigenvalue weighted by Gasteiger charge is -2.29. The topological polar surface area (TPSA) is 93.2 Å². The van der Waals surface area contributed by atoms with Gasteiger partial charge in [-0.2, -0.15) is 0 Å². The van der Waals surface area contributed by atoms with E-state index in [4.69, 9.17) is 32.2 Å². The van der Waals surface area contributed by atoms with Crippen molar-refractivity contribution in [3.8, 4) is 0 Å². The van der Waals surface area contributed by atoms with Gasteiger partial charge in [0, 0.05) is 29.2 Å². The summed E-state index contributed by atoms with van der Waals surface area (Å²) >= 11 is 12.1. The van der Waals surface area contributed by atoms with E-state index in [1.807, 2.05) is 0 Å². The second kappa shape index (κ2) is 10.3. The fourth-order valence-electron chi connectivity index (χ4n) is 3.64. The third-order valence-electron chi connectivity index (χ3n) is 5.00. The van der Waals surface area contributed by atoms with Crippen molar-refractivity contribution in [3.05, 3.63) is 52.0 Å². The van der Waals surface area contributed by atoms with E-state index < -0.39 is 23.9 Å². The summed E-state index contributed by atoms with van der Waals surface area (Å²) in [6, 6.07) is 8.87. The quantitative estimate of drug-likeness (QED) is 0.404. The Hall–Kier alpha value is -1.61. The van der Waals surface area contributed by atoms with Gasteiger partial charge >= 0.3 is 7.60 Å². The maximum atomic E-state index is 13.7. The summed E-state index contributed by atoms with van der Waals surface area (Å²) in [5.41, 5.74) is 1.77. The number of rotatable bonds is 9. The van der Waals surface area contributed by atoms with Gasteiger partial charge in [0.15, 0.2) is 0 Å². The summed E-state index contributed by atoms with van der Waals surface area (Å²) in [7, 11) is -8.08. The van der Waals surface area contributed by atoms with Gasteiger partial charge in [0.2, 0.25) is 5.91 Å². The molecule has 0 atom stereocenters. The fourth-order valence-corrected chi connectivity index (χ4v) is 8.03. The van der Waals surface area contributed by atoms with Crippen LogP contribution in [-0.2, 0) is 34.9 Å². The molecular formula is C21H25Cl2N2O6PS. The molecule has 2 aromatic carbocycles. The molecule has 3 rings (SSSR count). The Bertz CT molecular complexity index is 1180. The van der Waals surface area contributed by atoms with Crippen LogP contribution < -0.4 is 9.21 Å². The summed E-state index contributed by atoms with van der Waals surface area (Å²) in [6.45, 7) is 5.42. The van der Waals surface area contributed by atoms with Gasteiger partial charge in [-0.1, -0.05) is 23.2 Å². The summed E-state index contributed by atoms with van der Waals surface area (Å²) in [5, 5.41) is 0.287. The zero-order valence-corrected chi connectivity index (χ0v) is 21.7. The molecule has 1 aliphatic rings. The van der Waals surface area contributed by atoms with Crippen LogP contribution in [0.2, 0.25) is 10.0 Å². The molecule has 0 N–H and O–H groups in total. The predicted molar refractivity (Wildman–Crippen MR) is 130 cm³/mol. The summed E-state index contributed by atoms with van der Waals surface area (Å²) in [5.74, 6) is -0.100. The smallest absolute Gasteiger partial charge is 0.312 e. The minimum Gasteiger partial charge on any atom is -0.312 e. The van der Waals surface area contributed by atoms with E-state index >= 15 is 0 Å². The molecule has 1 aliphatic heterocycles. The van der Waals surface area contributed by atoms with Crippen molar-refractivity contribution >= 4 is 58.1 Å². The molecule has 1 heterocycles. The maximum absolute atomic E-state index is 13.7. The van der Waals surface area contributed by atoms with Crippen LogP contribution in [0, 0.1) is 0 Å². The minimum absolute atomic E-state index is 0.0753. The van der Waals surface area contributed by atoms with Crippen LogP contribution in [0.3, 0.4) is 0 Å². The number of anilines is 2. The number of amides is 1. The van der Waals surface area contributed by atoms with Gasteiger partial charge in [-0.15, -0.1) is 0 Å². The second-order valence-electron chi connectivity index (χ2n) is 7.28. The Balaban J connectivity index is 2.14. The summed E-state index contributed by atoms with van der Waals surface area (Å²) < 4.78 is 52.5. The van der Waals surface area contributed by atoms with Crippen LogP contribution in [0.4, 0.5) is 11.4 Å². The molecule has 0 saturated carbocycles. The van der Waals surface area contributed by atoms with Crippen LogP contribution in [-0.4, -0.2) is 40.4 Å². The van der Waals surface area contributed by atoms with Crippen molar-refractivity contribution in [2.75, 3.05) is 35.2 Å². The molecule has 0 radical (unpaired) electrons. The second-order valence-corrected chi connectivity index (χ2v) is 12.0. The van der Waals surface area contributed by atoms with Gasteiger partial charge in [-0.3, -0.25) is 13.7 Å². The largest absolute Gasteiger partial charge is 0.350 e. The first-order chi connectivity index (χ1) is 15.5. The molecule has 0 aromatic heterocycles. The van der Waals surface area contributed by atoms with Gasteiger partial charge in [0.1, 0.15) is 6.29 Å². The number of nitrogens with zero attached hydrogens (tertiary/aromatic N) is 2.